The molecule has 2 nitrogen and oxygen atoms in total. The quantitative estimate of drug-likeness (QED) is 0.874. The summed E-state index contributed by atoms with van der Waals surface area (Å²) in [5, 5.41) is 0. The third-order valence-electron chi connectivity index (χ3n) is 2.95. The van der Waals surface area contributed by atoms with Crippen LogP contribution in [-0.4, -0.2) is 6.54 Å². The van der Waals surface area contributed by atoms with Crippen LogP contribution in [0.2, 0.25) is 4.34 Å². The van der Waals surface area contributed by atoms with Crippen LogP contribution in [0, 0.1) is 0 Å². The Morgan fingerprint density at radius 2 is 1.84 bits per heavy atom. The van der Waals surface area contributed by atoms with Crippen LogP contribution in [0.1, 0.15) is 36.3 Å². The molecule has 0 saturated carbocycles. The Labute approximate surface area is 123 Å². The van der Waals surface area contributed by atoms with Gasteiger partial charge in [-0.05, 0) is 35.7 Å². The molecule has 0 fully saturated rings. The van der Waals surface area contributed by atoms with Crippen molar-refractivity contribution in [1.29, 1.82) is 0 Å². The maximum atomic E-state index is 5.94. The van der Waals surface area contributed by atoms with Gasteiger partial charge in [0, 0.05) is 11.4 Å². The van der Waals surface area contributed by atoms with Gasteiger partial charge >= 0.3 is 0 Å². The lowest BCUT2D eigenvalue weighted by molar-refractivity contribution is 0.218. The molecule has 2 aromatic rings. The van der Waals surface area contributed by atoms with Gasteiger partial charge in [0.15, 0.2) is 0 Å². The van der Waals surface area contributed by atoms with E-state index in [1.165, 1.54) is 16.9 Å². The molecule has 4 heteroatoms. The summed E-state index contributed by atoms with van der Waals surface area (Å²) in [5.41, 5.74) is 7.08. The van der Waals surface area contributed by atoms with Crippen molar-refractivity contribution in [1.82, 2.24) is 0 Å². The van der Waals surface area contributed by atoms with E-state index >= 15 is 0 Å². The first kappa shape index (κ1) is 14.4. The molecule has 0 aliphatic rings. The van der Waals surface area contributed by atoms with E-state index in [1.54, 1.807) is 0 Å². The predicted molar refractivity (Wildman–Crippen MR) is 82.3 cm³/mol. The number of thiophene rings is 1. The van der Waals surface area contributed by atoms with Crippen molar-refractivity contribution in [2.45, 2.75) is 25.9 Å². The molecule has 1 unspecified atom stereocenters. The molecule has 102 valence electrons. The van der Waals surface area contributed by atoms with Crippen LogP contribution in [0.25, 0.3) is 0 Å². The van der Waals surface area contributed by atoms with E-state index in [0.29, 0.717) is 12.5 Å². The summed E-state index contributed by atoms with van der Waals surface area (Å²) in [4.78, 5) is 1.06. The number of ether oxygens (including phenoxy) is 1. The van der Waals surface area contributed by atoms with Crippen LogP contribution in [0.5, 0.6) is 5.75 Å². The smallest absolute Gasteiger partial charge is 0.145 e. The fraction of sp³-hybridized carbons (Fsp3) is 0.333. The molecule has 0 aliphatic heterocycles. The van der Waals surface area contributed by atoms with Crippen molar-refractivity contribution in [3.63, 3.8) is 0 Å². The molecule has 1 heterocycles. The lowest BCUT2D eigenvalue weighted by Crippen LogP contribution is -2.17. The molecule has 0 spiro atoms. The van der Waals surface area contributed by atoms with Gasteiger partial charge in [0.05, 0.1) is 4.34 Å². The van der Waals surface area contributed by atoms with Crippen LogP contribution < -0.4 is 10.5 Å². The average Bonchev–Trinajstić information content (AvgIpc) is 2.83. The molecule has 0 bridgehead atoms. The summed E-state index contributed by atoms with van der Waals surface area (Å²) in [7, 11) is 0. The summed E-state index contributed by atoms with van der Waals surface area (Å²) in [6.45, 7) is 4.78. The number of hydrogen-bond acceptors (Lipinski definition) is 3. The zero-order valence-corrected chi connectivity index (χ0v) is 12.7. The van der Waals surface area contributed by atoms with Gasteiger partial charge < -0.3 is 10.5 Å². The van der Waals surface area contributed by atoms with Crippen molar-refractivity contribution in [3.05, 3.63) is 51.2 Å². The standard InChI is InChI=1S/C15H18ClNOS/c1-10(2)11-3-5-12(6-4-11)18-13(9-17)14-7-8-15(16)19-14/h3-8,10,13H,9,17H2,1-2H3. The van der Waals surface area contributed by atoms with Gasteiger partial charge in [-0.3, -0.25) is 0 Å². The Hall–Kier alpha value is -1.03. The molecular formula is C15H18ClNOS. The number of hydrogen-bond donors (Lipinski definition) is 1. The first-order valence-electron chi connectivity index (χ1n) is 6.32. The summed E-state index contributed by atoms with van der Waals surface area (Å²) in [5.74, 6) is 1.36. The molecule has 0 radical (unpaired) electrons. The number of benzene rings is 1. The summed E-state index contributed by atoms with van der Waals surface area (Å²) in [6, 6.07) is 12.0. The first-order chi connectivity index (χ1) is 9.10. The number of nitrogens with two attached hydrogens (primary N) is 1. The topological polar surface area (TPSA) is 35.2 Å². The van der Waals surface area contributed by atoms with Gasteiger partial charge in [-0.25, -0.2) is 0 Å². The Balaban J connectivity index is 2.10. The normalized spacial score (nSPS) is 12.7. The number of rotatable bonds is 5. The summed E-state index contributed by atoms with van der Waals surface area (Å²) in [6.07, 6.45) is -0.137. The minimum atomic E-state index is -0.137. The molecule has 2 N–H and O–H groups in total. The third kappa shape index (κ3) is 3.72. The van der Waals surface area contributed by atoms with E-state index in [4.69, 9.17) is 22.1 Å². The average molecular weight is 296 g/mol. The van der Waals surface area contributed by atoms with Gasteiger partial charge in [-0.15, -0.1) is 11.3 Å². The summed E-state index contributed by atoms with van der Waals surface area (Å²) < 4.78 is 6.68. The fourth-order valence-corrected chi connectivity index (χ4v) is 2.92. The van der Waals surface area contributed by atoms with Gasteiger partial charge in [0.2, 0.25) is 0 Å². The highest BCUT2D eigenvalue weighted by atomic mass is 35.5. The molecule has 1 atom stereocenters. The fourth-order valence-electron chi connectivity index (χ4n) is 1.82. The Kier molecular flexibility index (Phi) is 4.86. The van der Waals surface area contributed by atoms with E-state index in [-0.39, 0.29) is 6.10 Å². The molecular weight excluding hydrogens is 278 g/mol. The van der Waals surface area contributed by atoms with E-state index in [0.717, 1.165) is 15.0 Å². The van der Waals surface area contributed by atoms with Crippen LogP contribution in [0.3, 0.4) is 0 Å². The van der Waals surface area contributed by atoms with Crippen LogP contribution in [0.4, 0.5) is 0 Å². The Morgan fingerprint density at radius 3 is 2.32 bits per heavy atom. The Morgan fingerprint density at radius 1 is 1.16 bits per heavy atom. The van der Waals surface area contributed by atoms with E-state index < -0.39 is 0 Å². The predicted octanol–water partition coefficient (Wildman–Crippen LogP) is 4.60. The van der Waals surface area contributed by atoms with Crippen molar-refractivity contribution in [2.75, 3.05) is 6.54 Å². The minimum Gasteiger partial charge on any atom is -0.484 e. The monoisotopic (exact) mass is 295 g/mol. The molecule has 1 aromatic carbocycles. The molecule has 1 aromatic heterocycles. The molecule has 19 heavy (non-hydrogen) atoms. The molecule has 0 saturated heterocycles. The minimum absolute atomic E-state index is 0.137. The maximum Gasteiger partial charge on any atom is 0.145 e. The second-order valence-electron chi connectivity index (χ2n) is 4.71. The largest absolute Gasteiger partial charge is 0.484 e. The second-order valence-corrected chi connectivity index (χ2v) is 6.45. The van der Waals surface area contributed by atoms with Crippen molar-refractivity contribution in [3.8, 4) is 5.75 Å². The lowest BCUT2D eigenvalue weighted by Gasteiger charge is -2.16. The van der Waals surface area contributed by atoms with E-state index in [2.05, 4.69) is 26.0 Å². The van der Waals surface area contributed by atoms with Crippen LogP contribution in [0.15, 0.2) is 36.4 Å². The van der Waals surface area contributed by atoms with Crippen molar-refractivity contribution in [2.24, 2.45) is 5.73 Å². The maximum absolute atomic E-state index is 5.94. The molecule has 0 aliphatic carbocycles. The van der Waals surface area contributed by atoms with Gasteiger partial charge in [0.1, 0.15) is 11.9 Å². The number of halogens is 1. The van der Waals surface area contributed by atoms with Crippen LogP contribution >= 0.6 is 22.9 Å². The zero-order valence-electron chi connectivity index (χ0n) is 11.1. The molecule has 2 rings (SSSR count). The SMILES string of the molecule is CC(C)c1ccc(OC(CN)c2ccc(Cl)s2)cc1. The zero-order chi connectivity index (χ0) is 13.8. The van der Waals surface area contributed by atoms with Crippen LogP contribution in [-0.2, 0) is 0 Å². The van der Waals surface area contributed by atoms with E-state index in [1.807, 2.05) is 24.3 Å². The Bertz CT molecular complexity index is 521. The van der Waals surface area contributed by atoms with Gasteiger partial charge in [-0.1, -0.05) is 37.6 Å². The van der Waals surface area contributed by atoms with Crippen molar-refractivity contribution < 1.29 is 4.74 Å². The van der Waals surface area contributed by atoms with Gasteiger partial charge in [-0.2, -0.15) is 0 Å². The highest BCUT2D eigenvalue weighted by Crippen LogP contribution is 2.30. The van der Waals surface area contributed by atoms with Crippen molar-refractivity contribution >= 4 is 22.9 Å². The van der Waals surface area contributed by atoms with E-state index in [9.17, 15) is 0 Å². The summed E-state index contributed by atoms with van der Waals surface area (Å²) >= 11 is 7.45. The lowest BCUT2D eigenvalue weighted by atomic mass is 10.0. The third-order valence-corrected chi connectivity index (χ3v) is 4.27. The first-order valence-corrected chi connectivity index (χ1v) is 7.51. The molecule has 0 amide bonds. The highest BCUT2D eigenvalue weighted by molar-refractivity contribution is 7.16. The van der Waals surface area contributed by atoms with Gasteiger partial charge in [0.25, 0.3) is 0 Å². The second kappa shape index (κ2) is 6.42. The highest BCUT2D eigenvalue weighted by Gasteiger charge is 2.14.